The van der Waals surface area contributed by atoms with Crippen molar-refractivity contribution in [1.29, 1.82) is 5.26 Å². The predicted molar refractivity (Wildman–Crippen MR) is 123 cm³/mol. The average molecular weight is 403 g/mol. The van der Waals surface area contributed by atoms with Crippen molar-refractivity contribution in [1.82, 2.24) is 9.38 Å². The summed E-state index contributed by atoms with van der Waals surface area (Å²) in [6.07, 6.45) is 0. The van der Waals surface area contributed by atoms with Gasteiger partial charge in [0.25, 0.3) is 0 Å². The Morgan fingerprint density at radius 1 is 1.00 bits per heavy atom. The van der Waals surface area contributed by atoms with E-state index in [0.717, 1.165) is 43.8 Å². The van der Waals surface area contributed by atoms with Crippen LogP contribution in [0.25, 0.3) is 38.4 Å². The second-order valence-electron chi connectivity index (χ2n) is 8.41. The number of aromatic nitrogens is 2. The van der Waals surface area contributed by atoms with Gasteiger partial charge in [0.1, 0.15) is 11.2 Å². The number of hydrogen-bond donors (Lipinski definition) is 0. The van der Waals surface area contributed by atoms with Gasteiger partial charge in [0.15, 0.2) is 0 Å². The highest BCUT2D eigenvalue weighted by atomic mass is 16.7. The van der Waals surface area contributed by atoms with E-state index in [0.29, 0.717) is 11.3 Å². The fourth-order valence-electron chi connectivity index (χ4n) is 4.36. The third-order valence-corrected chi connectivity index (χ3v) is 6.10. The molecule has 0 amide bonds. The molecule has 0 bridgehead atoms. The molecule has 0 aliphatic carbocycles. The van der Waals surface area contributed by atoms with Crippen molar-refractivity contribution in [3.8, 4) is 6.07 Å². The summed E-state index contributed by atoms with van der Waals surface area (Å²) in [5, 5.41) is 12.6. The van der Waals surface area contributed by atoms with Crippen molar-refractivity contribution in [2.45, 2.75) is 19.4 Å². The lowest BCUT2D eigenvalue weighted by molar-refractivity contribution is 0.173. The first-order chi connectivity index (χ1) is 15.0. The van der Waals surface area contributed by atoms with Crippen LogP contribution >= 0.6 is 0 Å². The number of nitrogens with zero attached hydrogens (tertiary/aromatic N) is 3. The first kappa shape index (κ1) is 18.0. The zero-order valence-electron chi connectivity index (χ0n) is 17.2. The lowest BCUT2D eigenvalue weighted by atomic mass is 9.78. The number of pyridine rings is 1. The highest BCUT2D eigenvalue weighted by molar-refractivity contribution is 6.62. The molecule has 148 valence electrons. The Morgan fingerprint density at radius 2 is 1.81 bits per heavy atom. The van der Waals surface area contributed by atoms with Gasteiger partial charge in [-0.1, -0.05) is 43.0 Å². The summed E-state index contributed by atoms with van der Waals surface area (Å²) < 4.78 is 14.1. The molecule has 0 saturated carbocycles. The van der Waals surface area contributed by atoms with Crippen LogP contribution in [0, 0.1) is 11.3 Å². The second kappa shape index (κ2) is 6.10. The Balaban J connectivity index is 1.71. The molecule has 1 fully saturated rings. The minimum Gasteiger partial charge on any atom is -0.534 e. The Bertz CT molecular complexity index is 1610. The third kappa shape index (κ3) is 2.51. The number of imidazole rings is 1. The number of para-hydroxylation sites is 2. The van der Waals surface area contributed by atoms with Crippen LogP contribution < -0.4 is 5.46 Å². The topological polar surface area (TPSA) is 59.5 Å². The SMILES string of the molecule is C=C1OB(c2ccc3c(c2)c2ccc(C#N)cc2n2c4ccccc4nc32)OC1(C)C. The van der Waals surface area contributed by atoms with E-state index in [2.05, 4.69) is 35.2 Å². The number of nitriles is 1. The van der Waals surface area contributed by atoms with Gasteiger partial charge in [-0.05, 0) is 49.0 Å². The van der Waals surface area contributed by atoms with E-state index >= 15 is 0 Å². The van der Waals surface area contributed by atoms with E-state index in [4.69, 9.17) is 14.3 Å². The molecule has 0 N–H and O–H groups in total. The molecule has 5 aromatic rings. The van der Waals surface area contributed by atoms with Crippen LogP contribution in [0.5, 0.6) is 0 Å². The molecule has 5 nitrogen and oxygen atoms in total. The molecule has 1 aliphatic rings. The minimum atomic E-state index is -0.534. The van der Waals surface area contributed by atoms with Gasteiger partial charge in [0.2, 0.25) is 0 Å². The van der Waals surface area contributed by atoms with Crippen LogP contribution in [0.1, 0.15) is 19.4 Å². The highest BCUT2D eigenvalue weighted by Gasteiger charge is 2.42. The molecule has 1 saturated heterocycles. The van der Waals surface area contributed by atoms with Crippen LogP contribution in [0.3, 0.4) is 0 Å². The summed E-state index contributed by atoms with van der Waals surface area (Å²) in [6.45, 7) is 7.89. The van der Waals surface area contributed by atoms with Gasteiger partial charge in [0.05, 0.1) is 33.9 Å². The van der Waals surface area contributed by atoms with Gasteiger partial charge in [0, 0.05) is 10.8 Å². The Hall–Kier alpha value is -3.82. The number of rotatable bonds is 1. The monoisotopic (exact) mass is 403 g/mol. The summed E-state index contributed by atoms with van der Waals surface area (Å²) in [5.74, 6) is 0.621. The Labute approximate surface area is 179 Å². The van der Waals surface area contributed by atoms with E-state index in [1.54, 1.807) is 0 Å². The van der Waals surface area contributed by atoms with E-state index < -0.39 is 12.7 Å². The molecule has 6 heteroatoms. The second-order valence-corrected chi connectivity index (χ2v) is 8.41. The Morgan fingerprint density at radius 3 is 2.58 bits per heavy atom. The molecule has 0 spiro atoms. The van der Waals surface area contributed by atoms with Crippen molar-refractivity contribution in [2.75, 3.05) is 0 Å². The van der Waals surface area contributed by atoms with Crippen molar-refractivity contribution in [2.24, 2.45) is 0 Å². The number of hydrogen-bond acceptors (Lipinski definition) is 4. The van der Waals surface area contributed by atoms with Crippen LogP contribution in [-0.4, -0.2) is 22.1 Å². The lowest BCUT2D eigenvalue weighted by Gasteiger charge is -2.15. The molecule has 0 radical (unpaired) electrons. The zero-order valence-corrected chi connectivity index (χ0v) is 17.2. The highest BCUT2D eigenvalue weighted by Crippen LogP contribution is 2.34. The fraction of sp³-hybridized carbons (Fsp3) is 0.120. The fourth-order valence-corrected chi connectivity index (χ4v) is 4.36. The van der Waals surface area contributed by atoms with Gasteiger partial charge in [-0.25, -0.2) is 4.98 Å². The maximum atomic E-state index is 9.49. The van der Waals surface area contributed by atoms with E-state index in [1.807, 2.05) is 56.3 Å². The molecule has 2 aromatic heterocycles. The summed E-state index contributed by atoms with van der Waals surface area (Å²) in [7, 11) is -0.504. The summed E-state index contributed by atoms with van der Waals surface area (Å²) >= 11 is 0. The number of fused-ring (bicyclic) bond motifs is 8. The smallest absolute Gasteiger partial charge is 0.534 e. The van der Waals surface area contributed by atoms with Gasteiger partial charge in [-0.2, -0.15) is 5.26 Å². The Kier molecular flexibility index (Phi) is 3.54. The molecule has 3 heterocycles. The summed E-state index contributed by atoms with van der Waals surface area (Å²) in [6, 6.07) is 22.3. The van der Waals surface area contributed by atoms with Gasteiger partial charge in [-0.3, -0.25) is 4.40 Å². The van der Waals surface area contributed by atoms with Crippen molar-refractivity contribution < 1.29 is 9.31 Å². The lowest BCUT2D eigenvalue weighted by Crippen LogP contribution is -2.34. The van der Waals surface area contributed by atoms with Gasteiger partial charge < -0.3 is 9.31 Å². The summed E-state index contributed by atoms with van der Waals surface area (Å²) in [4.78, 5) is 4.91. The minimum absolute atomic E-state index is 0.504. The standard InChI is InChI=1S/C25H18BN3O2/c1-15-25(2,3)31-26(30-15)17-9-11-19-20(13-17)18-10-8-16(14-27)12-23(18)29-22-7-5-4-6-21(22)28-24(19)29/h4-13H,1H2,2-3H3. The van der Waals surface area contributed by atoms with Crippen molar-refractivity contribution in [3.63, 3.8) is 0 Å². The van der Waals surface area contributed by atoms with Crippen molar-refractivity contribution >= 4 is 50.9 Å². The molecule has 0 atom stereocenters. The molecule has 1 aliphatic heterocycles. The molecule has 3 aromatic carbocycles. The molecule has 6 rings (SSSR count). The molecular weight excluding hydrogens is 385 g/mol. The quantitative estimate of drug-likeness (QED) is 0.301. The average Bonchev–Trinajstić information content (AvgIpc) is 3.30. The van der Waals surface area contributed by atoms with Crippen LogP contribution in [0.2, 0.25) is 0 Å². The summed E-state index contributed by atoms with van der Waals surface area (Å²) in [5.41, 5.74) is 4.75. The predicted octanol–water partition coefficient (Wildman–Crippen LogP) is 4.70. The maximum Gasteiger partial charge on any atom is 0.563 e. The van der Waals surface area contributed by atoms with Crippen LogP contribution in [-0.2, 0) is 9.31 Å². The van der Waals surface area contributed by atoms with Crippen LogP contribution in [0.4, 0.5) is 0 Å². The largest absolute Gasteiger partial charge is 0.563 e. The molecule has 31 heavy (non-hydrogen) atoms. The normalized spacial score (nSPS) is 15.8. The van der Waals surface area contributed by atoms with Crippen molar-refractivity contribution in [3.05, 3.63) is 78.6 Å². The zero-order chi connectivity index (χ0) is 21.3. The number of benzene rings is 3. The van der Waals surface area contributed by atoms with E-state index in [9.17, 15) is 5.26 Å². The van der Waals surface area contributed by atoms with Crippen LogP contribution in [0.15, 0.2) is 73.0 Å². The first-order valence-electron chi connectivity index (χ1n) is 10.2. The molecule has 0 unspecified atom stereocenters. The van der Waals surface area contributed by atoms with Gasteiger partial charge >= 0.3 is 7.12 Å². The maximum absolute atomic E-state index is 9.49. The van der Waals surface area contributed by atoms with Gasteiger partial charge in [-0.15, -0.1) is 0 Å². The molecular formula is C25H18BN3O2. The first-order valence-corrected chi connectivity index (χ1v) is 10.2. The van der Waals surface area contributed by atoms with E-state index in [1.165, 1.54) is 0 Å². The van der Waals surface area contributed by atoms with E-state index in [-0.39, 0.29) is 0 Å². The third-order valence-electron chi connectivity index (χ3n) is 6.10.